The zero-order valence-electron chi connectivity index (χ0n) is 14.0. The number of aromatic nitrogens is 8. The number of H-pyrrole nitrogens is 2. The van der Waals surface area contributed by atoms with E-state index < -0.39 is 0 Å². The highest BCUT2D eigenvalue weighted by molar-refractivity contribution is 7.99. The van der Waals surface area contributed by atoms with Gasteiger partial charge < -0.3 is 10.3 Å². The van der Waals surface area contributed by atoms with Crippen molar-refractivity contribution in [2.45, 2.75) is 17.1 Å². The predicted molar refractivity (Wildman–Crippen MR) is 103 cm³/mol. The Bertz CT molecular complexity index is 1190. The van der Waals surface area contributed by atoms with E-state index >= 15 is 0 Å². The lowest BCUT2D eigenvalue weighted by Crippen LogP contribution is -2.00. The highest BCUT2D eigenvalue weighted by Gasteiger charge is 2.15. The fourth-order valence-electron chi connectivity index (χ4n) is 2.65. The van der Waals surface area contributed by atoms with Gasteiger partial charge in [0.1, 0.15) is 10.0 Å². The van der Waals surface area contributed by atoms with Crippen molar-refractivity contribution in [2.75, 3.05) is 5.32 Å². The van der Waals surface area contributed by atoms with Gasteiger partial charge in [-0.05, 0) is 36.3 Å². The molecular formula is C16H13N9S2. The maximum atomic E-state index is 4.74. The van der Waals surface area contributed by atoms with Crippen LogP contribution in [0, 0.1) is 6.92 Å². The molecule has 5 heterocycles. The van der Waals surface area contributed by atoms with Crippen LogP contribution in [0.2, 0.25) is 0 Å². The lowest BCUT2D eigenvalue weighted by molar-refractivity contribution is 1.00. The van der Waals surface area contributed by atoms with E-state index in [2.05, 4.69) is 34.8 Å². The van der Waals surface area contributed by atoms with Crippen LogP contribution in [-0.4, -0.2) is 38.9 Å². The molecule has 3 N–H and O–H groups in total. The Balaban J connectivity index is 1.64. The third kappa shape index (κ3) is 3.06. The molecule has 9 nitrogen and oxygen atoms in total. The van der Waals surface area contributed by atoms with Crippen LogP contribution < -0.4 is 5.32 Å². The summed E-state index contributed by atoms with van der Waals surface area (Å²) in [6, 6.07) is 1.98. The fraction of sp³-hybridized carbons (Fsp3) is 0.0625. The number of hydrogen-bond acceptors (Lipinski definition) is 8. The molecule has 134 valence electrons. The highest BCUT2D eigenvalue weighted by Crippen LogP contribution is 2.31. The molecule has 0 unspecified atom stereocenters. The number of nitrogens with one attached hydrogen (secondary N) is 3. The number of nitrogens with zero attached hydrogens (tertiary/aromatic N) is 6. The van der Waals surface area contributed by atoms with Gasteiger partial charge in [-0.3, -0.25) is 9.50 Å². The standard InChI is InChI=1S/C16H13N9S2/c1-9-4-12(27-24-9)22-14-15-19-7-11(10-5-20-21-6-10)25(15)8-13(23-14)26-16-17-2-3-18-16/h2-8H,1H3,(H,17,18)(H,20,21)(H,22,23). The summed E-state index contributed by atoms with van der Waals surface area (Å²) in [4.78, 5) is 16.7. The lowest BCUT2D eigenvalue weighted by atomic mass is 10.3. The minimum Gasteiger partial charge on any atom is -0.339 e. The van der Waals surface area contributed by atoms with Gasteiger partial charge in [0.25, 0.3) is 0 Å². The van der Waals surface area contributed by atoms with E-state index in [1.807, 2.05) is 36.0 Å². The number of aryl methyl sites for hydroxylation is 1. The average molecular weight is 395 g/mol. The van der Waals surface area contributed by atoms with E-state index in [4.69, 9.17) is 4.98 Å². The van der Waals surface area contributed by atoms with Gasteiger partial charge in [0.2, 0.25) is 0 Å². The Morgan fingerprint density at radius 3 is 2.96 bits per heavy atom. The first-order chi connectivity index (χ1) is 13.3. The monoisotopic (exact) mass is 395 g/mol. The molecule has 0 amide bonds. The number of imidazole rings is 2. The average Bonchev–Trinajstić information content (AvgIpc) is 3.42. The predicted octanol–water partition coefficient (Wildman–Crippen LogP) is 3.50. The molecule has 0 aromatic carbocycles. The zero-order chi connectivity index (χ0) is 18.2. The summed E-state index contributed by atoms with van der Waals surface area (Å²) in [5.41, 5.74) is 3.55. The summed E-state index contributed by atoms with van der Waals surface area (Å²) in [6.07, 6.45) is 10.9. The lowest BCUT2D eigenvalue weighted by Gasteiger charge is -2.08. The van der Waals surface area contributed by atoms with Crippen LogP contribution in [0.3, 0.4) is 0 Å². The first-order valence-electron chi connectivity index (χ1n) is 8.01. The summed E-state index contributed by atoms with van der Waals surface area (Å²) in [5, 5.41) is 12.7. The molecule has 11 heteroatoms. The molecule has 27 heavy (non-hydrogen) atoms. The number of aromatic amines is 2. The molecule has 0 bridgehead atoms. The van der Waals surface area contributed by atoms with Crippen LogP contribution in [0.25, 0.3) is 16.9 Å². The Kier molecular flexibility index (Phi) is 3.87. The summed E-state index contributed by atoms with van der Waals surface area (Å²) in [6.45, 7) is 1.96. The maximum Gasteiger partial charge on any atom is 0.181 e. The molecule has 0 aliphatic heterocycles. The van der Waals surface area contributed by atoms with Crippen LogP contribution in [-0.2, 0) is 0 Å². The Morgan fingerprint density at radius 1 is 1.26 bits per heavy atom. The van der Waals surface area contributed by atoms with E-state index in [1.165, 1.54) is 23.3 Å². The van der Waals surface area contributed by atoms with E-state index in [0.717, 1.165) is 37.8 Å². The molecule has 0 spiro atoms. The van der Waals surface area contributed by atoms with Gasteiger partial charge in [-0.25, -0.2) is 15.0 Å². The Labute approximate surface area is 161 Å². The van der Waals surface area contributed by atoms with Crippen molar-refractivity contribution in [3.05, 3.63) is 48.9 Å². The topological polar surface area (TPSA) is 112 Å². The van der Waals surface area contributed by atoms with Crippen molar-refractivity contribution in [2.24, 2.45) is 0 Å². The van der Waals surface area contributed by atoms with Gasteiger partial charge in [0.15, 0.2) is 16.6 Å². The maximum absolute atomic E-state index is 4.74. The summed E-state index contributed by atoms with van der Waals surface area (Å²) >= 11 is 2.84. The smallest absolute Gasteiger partial charge is 0.181 e. The van der Waals surface area contributed by atoms with Gasteiger partial charge >= 0.3 is 0 Å². The first-order valence-corrected chi connectivity index (χ1v) is 9.60. The third-order valence-corrected chi connectivity index (χ3v) is 5.43. The van der Waals surface area contributed by atoms with Crippen molar-refractivity contribution in [1.82, 2.24) is 38.9 Å². The Hall–Kier alpha value is -3.18. The summed E-state index contributed by atoms with van der Waals surface area (Å²) in [7, 11) is 0. The second-order valence-electron chi connectivity index (χ2n) is 5.71. The van der Waals surface area contributed by atoms with Crippen LogP contribution >= 0.6 is 23.3 Å². The van der Waals surface area contributed by atoms with Crippen LogP contribution in [0.4, 0.5) is 10.8 Å². The molecule has 0 fully saturated rings. The normalized spacial score (nSPS) is 11.3. The largest absolute Gasteiger partial charge is 0.339 e. The molecule has 0 radical (unpaired) electrons. The van der Waals surface area contributed by atoms with Crippen LogP contribution in [0.15, 0.2) is 53.4 Å². The highest BCUT2D eigenvalue weighted by atomic mass is 32.2. The molecule has 0 atom stereocenters. The first kappa shape index (κ1) is 16.0. The molecular weight excluding hydrogens is 382 g/mol. The fourth-order valence-corrected chi connectivity index (χ4v) is 4.04. The van der Waals surface area contributed by atoms with E-state index in [0.29, 0.717) is 5.82 Å². The SMILES string of the molecule is Cc1cc(Nc2nc(Sc3ncc[nH]3)cn3c(-c4cn[nH]c4)cnc23)sn1. The summed E-state index contributed by atoms with van der Waals surface area (Å²) in [5.74, 6) is 0.657. The van der Waals surface area contributed by atoms with Gasteiger partial charge in [0.05, 0.1) is 23.8 Å². The molecule has 5 aromatic rings. The van der Waals surface area contributed by atoms with Crippen molar-refractivity contribution >= 4 is 39.8 Å². The van der Waals surface area contributed by atoms with Crippen molar-refractivity contribution < 1.29 is 0 Å². The van der Waals surface area contributed by atoms with Crippen molar-refractivity contribution in [3.63, 3.8) is 0 Å². The second kappa shape index (κ2) is 6.52. The minimum absolute atomic E-state index is 0.657. The summed E-state index contributed by atoms with van der Waals surface area (Å²) < 4.78 is 6.31. The van der Waals surface area contributed by atoms with E-state index in [9.17, 15) is 0 Å². The molecule has 0 saturated carbocycles. The Morgan fingerprint density at radius 2 is 2.22 bits per heavy atom. The molecule has 0 aliphatic rings. The number of anilines is 2. The second-order valence-corrected chi connectivity index (χ2v) is 7.52. The van der Waals surface area contributed by atoms with E-state index in [1.54, 1.807) is 18.6 Å². The zero-order valence-corrected chi connectivity index (χ0v) is 15.7. The van der Waals surface area contributed by atoms with Gasteiger partial charge in [-0.15, -0.1) is 0 Å². The van der Waals surface area contributed by atoms with Crippen LogP contribution in [0.5, 0.6) is 0 Å². The number of hydrogen-bond donors (Lipinski definition) is 3. The van der Waals surface area contributed by atoms with E-state index in [-0.39, 0.29) is 0 Å². The van der Waals surface area contributed by atoms with Gasteiger partial charge in [0, 0.05) is 30.4 Å². The minimum atomic E-state index is 0.657. The molecule has 5 aromatic heterocycles. The third-order valence-electron chi connectivity index (χ3n) is 3.81. The number of fused-ring (bicyclic) bond motifs is 1. The van der Waals surface area contributed by atoms with Gasteiger partial charge in [-0.2, -0.15) is 9.47 Å². The molecule has 0 saturated heterocycles. The quantitative estimate of drug-likeness (QED) is 0.417. The van der Waals surface area contributed by atoms with Crippen molar-refractivity contribution in [3.8, 4) is 11.3 Å². The molecule has 0 aliphatic carbocycles. The van der Waals surface area contributed by atoms with Crippen molar-refractivity contribution in [1.29, 1.82) is 0 Å². The number of rotatable bonds is 5. The molecule has 5 rings (SSSR count). The van der Waals surface area contributed by atoms with Gasteiger partial charge in [-0.1, -0.05) is 0 Å². The van der Waals surface area contributed by atoms with Crippen LogP contribution in [0.1, 0.15) is 5.69 Å².